The fourth-order valence-corrected chi connectivity index (χ4v) is 5.07. The maximum atomic E-state index is 12.4. The van der Waals surface area contributed by atoms with E-state index in [0.717, 1.165) is 11.1 Å². The van der Waals surface area contributed by atoms with Gasteiger partial charge in [0.05, 0.1) is 13.2 Å². The Morgan fingerprint density at radius 3 is 2.86 bits per heavy atom. The summed E-state index contributed by atoms with van der Waals surface area (Å²) in [5.74, 6) is 0.729. The first-order valence-corrected chi connectivity index (χ1v) is 10.6. The van der Waals surface area contributed by atoms with Crippen LogP contribution in [0, 0.1) is 6.92 Å². The molecule has 29 heavy (non-hydrogen) atoms. The Bertz CT molecular complexity index is 1040. The molecule has 0 fully saturated rings. The highest BCUT2D eigenvalue weighted by atomic mass is 32.1. The molecule has 0 bridgehead atoms. The molecule has 0 N–H and O–H groups in total. The molecule has 1 aliphatic heterocycles. The molecule has 0 saturated carbocycles. The predicted molar refractivity (Wildman–Crippen MR) is 117 cm³/mol. The number of thiophene rings is 1. The molecule has 0 saturated heterocycles. The van der Waals surface area contributed by atoms with Gasteiger partial charge in [0.15, 0.2) is 0 Å². The van der Waals surface area contributed by atoms with E-state index in [9.17, 15) is 4.79 Å². The molecule has 1 aromatic carbocycles. The van der Waals surface area contributed by atoms with Crippen LogP contribution in [0.4, 0.5) is 0 Å². The summed E-state index contributed by atoms with van der Waals surface area (Å²) in [7, 11) is 0. The lowest BCUT2D eigenvalue weighted by molar-refractivity contribution is -0.127. The monoisotopic (exact) mass is 404 g/mol. The highest BCUT2D eigenvalue weighted by Gasteiger charge is 2.31. The number of fused-ring (bicyclic) bond motifs is 1. The molecule has 0 aliphatic carbocycles. The molecule has 5 heteroatoms. The predicted octanol–water partition coefficient (Wildman–Crippen LogP) is 5.18. The van der Waals surface area contributed by atoms with Crippen molar-refractivity contribution >= 4 is 17.2 Å². The second kappa shape index (κ2) is 8.21. The second-order valence-electron chi connectivity index (χ2n) is 7.12. The number of pyridine rings is 1. The number of ether oxygens (including phenoxy) is 1. The fraction of sp³-hybridized carbons (Fsp3) is 0.250. The van der Waals surface area contributed by atoms with Gasteiger partial charge in [-0.15, -0.1) is 11.3 Å². The van der Waals surface area contributed by atoms with Crippen LogP contribution in [0.3, 0.4) is 0 Å². The number of carbonyl (C=O) groups excluding carboxylic acids is 1. The van der Waals surface area contributed by atoms with E-state index in [2.05, 4.69) is 42.8 Å². The Balaban J connectivity index is 1.78. The van der Waals surface area contributed by atoms with Crippen molar-refractivity contribution in [3.63, 3.8) is 0 Å². The number of amides is 1. The summed E-state index contributed by atoms with van der Waals surface area (Å²) in [5, 5.41) is 0. The number of hydrogen-bond donors (Lipinski definition) is 0. The van der Waals surface area contributed by atoms with Gasteiger partial charge in [-0.05, 0) is 48.7 Å². The molecule has 1 aliphatic rings. The zero-order valence-corrected chi connectivity index (χ0v) is 17.5. The molecule has 0 radical (unpaired) electrons. The first-order valence-electron chi connectivity index (χ1n) is 9.79. The molecule has 1 amide bonds. The number of carbonyl (C=O) groups is 1. The van der Waals surface area contributed by atoms with Crippen LogP contribution in [0.1, 0.15) is 33.7 Å². The van der Waals surface area contributed by atoms with E-state index < -0.39 is 0 Å². The lowest BCUT2D eigenvalue weighted by Gasteiger charge is -2.33. The summed E-state index contributed by atoms with van der Waals surface area (Å²) in [6, 6.07) is 14.6. The van der Waals surface area contributed by atoms with E-state index in [1.54, 1.807) is 11.3 Å². The van der Waals surface area contributed by atoms with Crippen molar-refractivity contribution in [1.82, 2.24) is 9.88 Å². The maximum absolute atomic E-state index is 12.4. The van der Waals surface area contributed by atoms with Crippen LogP contribution in [-0.2, 0) is 11.3 Å². The molecule has 3 heterocycles. The Kier molecular flexibility index (Phi) is 5.49. The van der Waals surface area contributed by atoms with Gasteiger partial charge < -0.3 is 9.64 Å². The van der Waals surface area contributed by atoms with Gasteiger partial charge in [-0.25, -0.2) is 4.98 Å². The molecule has 148 valence electrons. The van der Waals surface area contributed by atoms with Crippen molar-refractivity contribution in [1.29, 1.82) is 0 Å². The molecular weight excluding hydrogens is 380 g/mol. The third kappa shape index (κ3) is 3.83. The first-order chi connectivity index (χ1) is 14.1. The lowest BCUT2D eigenvalue weighted by atomic mass is 9.84. The van der Waals surface area contributed by atoms with Gasteiger partial charge in [-0.2, -0.15) is 0 Å². The average molecular weight is 405 g/mol. The van der Waals surface area contributed by atoms with Crippen LogP contribution in [0.15, 0.2) is 61.3 Å². The maximum Gasteiger partial charge on any atom is 0.246 e. The Morgan fingerprint density at radius 1 is 1.31 bits per heavy atom. The van der Waals surface area contributed by atoms with Crippen molar-refractivity contribution in [2.75, 3.05) is 13.2 Å². The summed E-state index contributed by atoms with van der Waals surface area (Å²) in [6.07, 6.45) is 3.27. The number of aromatic nitrogens is 1. The quantitative estimate of drug-likeness (QED) is 0.551. The van der Waals surface area contributed by atoms with Crippen LogP contribution in [-0.4, -0.2) is 28.9 Å². The van der Waals surface area contributed by atoms with E-state index >= 15 is 0 Å². The van der Waals surface area contributed by atoms with Crippen molar-refractivity contribution < 1.29 is 9.53 Å². The molecule has 1 atom stereocenters. The van der Waals surface area contributed by atoms with Gasteiger partial charge in [-0.3, -0.25) is 4.79 Å². The molecule has 0 unspecified atom stereocenters. The van der Waals surface area contributed by atoms with Crippen LogP contribution >= 0.6 is 11.3 Å². The van der Waals surface area contributed by atoms with Crippen LogP contribution < -0.4 is 4.74 Å². The van der Waals surface area contributed by atoms with Crippen molar-refractivity contribution in [2.45, 2.75) is 26.3 Å². The number of rotatable bonds is 5. The largest absolute Gasteiger partial charge is 0.478 e. The average Bonchev–Trinajstić information content (AvgIpc) is 3.13. The molecule has 3 aromatic rings. The Labute approximate surface area is 175 Å². The van der Waals surface area contributed by atoms with Crippen LogP contribution in [0.5, 0.6) is 5.88 Å². The van der Waals surface area contributed by atoms with Gasteiger partial charge in [0.25, 0.3) is 0 Å². The second-order valence-corrected chi connectivity index (χ2v) is 8.46. The molecule has 2 aromatic heterocycles. The summed E-state index contributed by atoms with van der Waals surface area (Å²) in [6.45, 7) is 9.65. The van der Waals surface area contributed by atoms with Crippen LogP contribution in [0.2, 0.25) is 0 Å². The van der Waals surface area contributed by atoms with Gasteiger partial charge in [0.2, 0.25) is 11.8 Å². The van der Waals surface area contributed by atoms with Crippen molar-refractivity contribution in [2.24, 2.45) is 0 Å². The van der Waals surface area contributed by atoms with E-state index in [1.807, 2.05) is 36.2 Å². The van der Waals surface area contributed by atoms with Gasteiger partial charge in [0.1, 0.15) is 0 Å². The molecule has 4 nitrogen and oxygen atoms in total. The lowest BCUT2D eigenvalue weighted by Crippen LogP contribution is -2.37. The van der Waals surface area contributed by atoms with E-state index in [0.29, 0.717) is 25.6 Å². The van der Waals surface area contributed by atoms with Gasteiger partial charge in [-0.1, -0.05) is 30.8 Å². The van der Waals surface area contributed by atoms with Crippen molar-refractivity contribution in [3.05, 3.63) is 82.2 Å². The Hall–Kier alpha value is -2.92. The summed E-state index contributed by atoms with van der Waals surface area (Å²) in [5.41, 5.74) is 4.71. The minimum absolute atomic E-state index is 0.0214. The summed E-state index contributed by atoms with van der Waals surface area (Å²) < 4.78 is 5.48. The molecular formula is C24H24N2O2S. The number of aryl methyl sites for hydroxylation is 1. The van der Waals surface area contributed by atoms with Crippen LogP contribution in [0.25, 0.3) is 11.1 Å². The van der Waals surface area contributed by atoms with Gasteiger partial charge in [0, 0.05) is 40.0 Å². The third-order valence-electron chi connectivity index (χ3n) is 5.24. The number of benzene rings is 1. The highest BCUT2D eigenvalue weighted by Crippen LogP contribution is 2.41. The normalized spacial score (nSPS) is 15.7. The highest BCUT2D eigenvalue weighted by molar-refractivity contribution is 7.12. The Morgan fingerprint density at radius 2 is 2.14 bits per heavy atom. The first kappa shape index (κ1) is 19.4. The topological polar surface area (TPSA) is 42.4 Å². The third-order valence-corrected chi connectivity index (χ3v) is 6.29. The van der Waals surface area contributed by atoms with E-state index in [4.69, 9.17) is 4.74 Å². The minimum atomic E-state index is -0.0214. The zero-order chi connectivity index (χ0) is 20.4. The minimum Gasteiger partial charge on any atom is -0.478 e. The summed E-state index contributed by atoms with van der Waals surface area (Å²) in [4.78, 5) is 21.3. The SMILES string of the molecule is C=CC(=O)N1Cc2sc(C)cc2[C@@H](c2ccccc2-c2ccc(OCC)nc2)C1. The van der Waals surface area contributed by atoms with E-state index in [-0.39, 0.29) is 11.8 Å². The van der Waals surface area contributed by atoms with Crippen molar-refractivity contribution in [3.8, 4) is 17.0 Å². The molecule has 0 spiro atoms. The fourth-order valence-electron chi connectivity index (χ4n) is 3.96. The van der Waals surface area contributed by atoms with Gasteiger partial charge >= 0.3 is 0 Å². The standard InChI is InChI=1S/C24H24N2O2S/c1-4-24(27)26-14-21(20-12-16(3)29-22(20)15-26)19-9-7-6-8-18(19)17-10-11-23(25-13-17)28-5-2/h4,6-13,21H,1,5,14-15H2,2-3H3/t21-/m1/s1. The van der Waals surface area contributed by atoms with E-state index in [1.165, 1.54) is 27.0 Å². The smallest absolute Gasteiger partial charge is 0.246 e. The molecule has 4 rings (SSSR count). The number of hydrogen-bond acceptors (Lipinski definition) is 4. The zero-order valence-electron chi connectivity index (χ0n) is 16.7. The number of nitrogens with zero attached hydrogens (tertiary/aromatic N) is 2. The summed E-state index contributed by atoms with van der Waals surface area (Å²) >= 11 is 1.77.